The van der Waals surface area contributed by atoms with Gasteiger partial charge in [0.2, 0.25) is 0 Å². The summed E-state index contributed by atoms with van der Waals surface area (Å²) in [6.45, 7) is 6.76. The highest BCUT2D eigenvalue weighted by Gasteiger charge is 2.21. The Morgan fingerprint density at radius 2 is 1.17 bits per heavy atom. The van der Waals surface area contributed by atoms with Crippen LogP contribution in [0.15, 0.2) is 123 Å². The largest absolute Gasteiger partial charge is 0.356 e. The number of rotatable bonds is 7. The lowest BCUT2D eigenvalue weighted by Gasteiger charge is -2.19. The number of hydrogen-bond donors (Lipinski definition) is 4. The number of pyridine rings is 6. The van der Waals surface area contributed by atoms with Crippen molar-refractivity contribution in [2.24, 2.45) is 7.05 Å². The molecule has 0 aliphatic carbocycles. The van der Waals surface area contributed by atoms with Crippen LogP contribution in [0.5, 0.6) is 0 Å². The summed E-state index contributed by atoms with van der Waals surface area (Å²) < 4.78 is 46.0. The van der Waals surface area contributed by atoms with Gasteiger partial charge in [0, 0.05) is 84.8 Å². The number of aromatic nitrogens is 10. The fraction of sp³-hybridized carbons (Fsp3) is 0.159. The molecule has 18 nitrogen and oxygen atoms in total. The third-order valence-electron chi connectivity index (χ3n) is 10.5. The van der Waals surface area contributed by atoms with Crippen LogP contribution < -0.4 is 22.1 Å². The Hall–Kier alpha value is -8.55. The maximum absolute atomic E-state index is 14.6. The average Bonchev–Trinajstić information content (AvgIpc) is 4.06. The molecule has 0 fully saturated rings. The van der Waals surface area contributed by atoms with Gasteiger partial charge in [-0.15, -0.1) is 0 Å². The fourth-order valence-corrected chi connectivity index (χ4v) is 7.00. The van der Waals surface area contributed by atoms with E-state index in [2.05, 4.69) is 25.4 Å². The van der Waals surface area contributed by atoms with E-state index in [4.69, 9.17) is 30.7 Å². The topological polar surface area (TPSA) is 245 Å². The van der Waals surface area contributed by atoms with Crippen molar-refractivity contribution in [1.82, 2.24) is 48.3 Å². The Labute approximate surface area is 360 Å². The van der Waals surface area contributed by atoms with Gasteiger partial charge in [-0.05, 0) is 70.2 Å². The Morgan fingerprint density at radius 1 is 0.656 bits per heavy atom. The first kappa shape index (κ1) is 42.2. The molecule has 0 bridgehead atoms. The summed E-state index contributed by atoms with van der Waals surface area (Å²) in [4.78, 5) is 34.8. The SMILES string of the molecule is Cc1cc(-c2cc(F)c(=N)n(C(=N)C(C)n3ccc4ncc(-c5cnn(C)c5)cc4c3=O)c2)on1.Cc1cc(-c2cc(F)c(=N)n(C(=N)[C@@H](C)n3ccc4ncccc4c3=O)c2)on1. The van der Waals surface area contributed by atoms with E-state index in [0.29, 0.717) is 55.8 Å². The van der Waals surface area contributed by atoms with Crippen LogP contribution in [0, 0.1) is 47.1 Å². The zero-order chi connectivity index (χ0) is 45.6. The third-order valence-corrected chi connectivity index (χ3v) is 10.5. The summed E-state index contributed by atoms with van der Waals surface area (Å²) in [5, 5.41) is 46.0. The summed E-state index contributed by atoms with van der Waals surface area (Å²) in [5.74, 6) is -1.31. The van der Waals surface area contributed by atoms with Crippen molar-refractivity contribution in [3.8, 4) is 33.8 Å². The Balaban J connectivity index is 0.000000178. The second-order valence-corrected chi connectivity index (χ2v) is 14.9. The molecule has 0 spiro atoms. The van der Waals surface area contributed by atoms with Crippen LogP contribution in [-0.4, -0.2) is 60.0 Å². The molecule has 0 aromatic carbocycles. The molecule has 9 aromatic rings. The van der Waals surface area contributed by atoms with E-state index >= 15 is 0 Å². The lowest BCUT2D eigenvalue weighted by Crippen LogP contribution is -2.36. The molecule has 2 atom stereocenters. The van der Waals surface area contributed by atoms with E-state index in [1.165, 1.54) is 21.5 Å². The number of aryl methyl sites for hydroxylation is 3. The molecule has 64 heavy (non-hydrogen) atoms. The molecule has 9 heterocycles. The number of hydrogen-bond acceptors (Lipinski definition) is 13. The number of nitrogens with one attached hydrogen (secondary N) is 4. The molecule has 0 aliphatic rings. The van der Waals surface area contributed by atoms with Crippen LogP contribution in [0.25, 0.3) is 55.6 Å². The predicted octanol–water partition coefficient (Wildman–Crippen LogP) is 6.13. The van der Waals surface area contributed by atoms with Gasteiger partial charge >= 0.3 is 0 Å². The first-order valence-corrected chi connectivity index (χ1v) is 19.5. The normalized spacial score (nSPS) is 12.2. The van der Waals surface area contributed by atoms with Crippen LogP contribution >= 0.6 is 0 Å². The molecule has 0 amide bonds. The lowest BCUT2D eigenvalue weighted by atomic mass is 10.1. The molecule has 0 radical (unpaired) electrons. The molecule has 0 aliphatic heterocycles. The third kappa shape index (κ3) is 7.90. The molecule has 322 valence electrons. The van der Waals surface area contributed by atoms with E-state index in [9.17, 15) is 18.4 Å². The second-order valence-electron chi connectivity index (χ2n) is 14.9. The summed E-state index contributed by atoms with van der Waals surface area (Å²) in [6.07, 6.45) is 12.7. The maximum Gasteiger partial charge on any atom is 0.260 e. The lowest BCUT2D eigenvalue weighted by molar-refractivity contribution is 0.426. The van der Waals surface area contributed by atoms with E-state index in [0.717, 1.165) is 32.4 Å². The molecule has 20 heteroatoms. The molecule has 4 N–H and O–H groups in total. The summed E-state index contributed by atoms with van der Waals surface area (Å²) >= 11 is 0. The van der Waals surface area contributed by atoms with Crippen molar-refractivity contribution >= 4 is 33.5 Å². The van der Waals surface area contributed by atoms with Crippen molar-refractivity contribution in [3.63, 3.8) is 0 Å². The smallest absolute Gasteiger partial charge is 0.260 e. The van der Waals surface area contributed by atoms with Crippen LogP contribution in [-0.2, 0) is 7.05 Å². The van der Waals surface area contributed by atoms with Crippen molar-refractivity contribution in [1.29, 1.82) is 21.6 Å². The standard InChI is InChI=1S/C24H21FN8O2.C20H17FN6O2/c1-13-6-21(35-30-13)16-8-19(25)23(27)33(12-16)22(26)14(2)32-5-4-20-18(24(32)34)7-15(9-28-20)17-10-29-31(3)11-17;1-11-8-17(29-25-11)13-9-15(21)19(23)27(10-13)18(22)12(2)26-7-5-16-14(20(26)28)4-3-6-24-16/h4-12,14,26-27H,1-3H3;3-10,12,22-23H,1-2H3/t;12-/m.1/s1. The summed E-state index contributed by atoms with van der Waals surface area (Å²) in [6, 6.07) is 12.5. The van der Waals surface area contributed by atoms with Gasteiger partial charge in [0.25, 0.3) is 11.1 Å². The Bertz CT molecular complexity index is 3560. The van der Waals surface area contributed by atoms with Crippen molar-refractivity contribution in [2.75, 3.05) is 0 Å². The molecular weight excluding hydrogens is 827 g/mol. The summed E-state index contributed by atoms with van der Waals surface area (Å²) in [7, 11) is 1.80. The zero-order valence-electron chi connectivity index (χ0n) is 34.8. The molecule has 9 rings (SSSR count). The first-order valence-electron chi connectivity index (χ1n) is 19.5. The second kappa shape index (κ2) is 16.7. The van der Waals surface area contributed by atoms with Crippen LogP contribution in [0.4, 0.5) is 8.78 Å². The first-order chi connectivity index (χ1) is 30.6. The van der Waals surface area contributed by atoms with Gasteiger partial charge < -0.3 is 18.2 Å². The van der Waals surface area contributed by atoms with E-state index in [-0.39, 0.29) is 22.8 Å². The highest BCUT2D eigenvalue weighted by Crippen LogP contribution is 2.24. The molecule has 1 unspecified atom stereocenters. The quantitative estimate of drug-likeness (QED) is 0.106. The van der Waals surface area contributed by atoms with Gasteiger partial charge in [0.15, 0.2) is 34.1 Å². The van der Waals surface area contributed by atoms with Crippen LogP contribution in [0.3, 0.4) is 0 Å². The van der Waals surface area contributed by atoms with Gasteiger partial charge in [-0.2, -0.15) is 5.10 Å². The Morgan fingerprint density at radius 3 is 1.66 bits per heavy atom. The minimum absolute atomic E-state index is 0.141. The predicted molar refractivity (Wildman–Crippen MR) is 231 cm³/mol. The van der Waals surface area contributed by atoms with Crippen molar-refractivity contribution in [2.45, 2.75) is 39.8 Å². The molecule has 9 aromatic heterocycles. The Kier molecular flexibility index (Phi) is 11.0. The number of halogens is 2. The fourth-order valence-electron chi connectivity index (χ4n) is 7.00. The zero-order valence-corrected chi connectivity index (χ0v) is 34.8. The van der Waals surface area contributed by atoms with Gasteiger partial charge in [-0.3, -0.25) is 55.0 Å². The van der Waals surface area contributed by atoms with Crippen molar-refractivity contribution in [3.05, 3.63) is 159 Å². The molecular formula is C44H38F2N14O4. The maximum atomic E-state index is 14.6. The summed E-state index contributed by atoms with van der Waals surface area (Å²) in [5.41, 5.74) is 2.87. The van der Waals surface area contributed by atoms with Gasteiger partial charge in [0.05, 0.1) is 51.5 Å². The van der Waals surface area contributed by atoms with Crippen LogP contribution in [0.2, 0.25) is 0 Å². The van der Waals surface area contributed by atoms with E-state index in [1.807, 2.05) is 6.20 Å². The van der Waals surface area contributed by atoms with Crippen molar-refractivity contribution < 1.29 is 17.8 Å². The monoisotopic (exact) mass is 864 g/mol. The highest BCUT2D eigenvalue weighted by molar-refractivity contribution is 5.88. The van der Waals surface area contributed by atoms with Crippen LogP contribution in [0.1, 0.15) is 37.3 Å². The minimum atomic E-state index is -0.829. The molecule has 0 saturated carbocycles. The van der Waals surface area contributed by atoms with E-state index < -0.39 is 34.7 Å². The number of nitrogens with zero attached hydrogens (tertiary/aromatic N) is 10. The molecule has 0 saturated heterocycles. The van der Waals surface area contributed by atoms with Gasteiger partial charge in [-0.1, -0.05) is 10.3 Å². The van der Waals surface area contributed by atoms with Gasteiger partial charge in [-0.25, -0.2) is 8.78 Å². The average molecular weight is 865 g/mol. The number of fused-ring (bicyclic) bond motifs is 2. The highest BCUT2D eigenvalue weighted by atomic mass is 19.1. The minimum Gasteiger partial charge on any atom is -0.356 e. The van der Waals surface area contributed by atoms with Gasteiger partial charge in [0.1, 0.15) is 11.7 Å². The van der Waals surface area contributed by atoms with E-state index in [1.54, 1.807) is 113 Å².